The van der Waals surface area contributed by atoms with Gasteiger partial charge in [-0.15, -0.1) is 0 Å². The highest BCUT2D eigenvalue weighted by molar-refractivity contribution is 7.88. The number of aromatic nitrogens is 1. The van der Waals surface area contributed by atoms with Crippen LogP contribution in [0.4, 0.5) is 0 Å². The molecule has 1 heterocycles. The van der Waals surface area contributed by atoms with Crippen molar-refractivity contribution in [2.75, 3.05) is 7.11 Å². The van der Waals surface area contributed by atoms with Crippen LogP contribution in [0.15, 0.2) is 30.3 Å². The third-order valence-electron chi connectivity index (χ3n) is 3.77. The number of methoxy groups -OCH3 is 1. The zero-order valence-electron chi connectivity index (χ0n) is 12.3. The summed E-state index contributed by atoms with van der Waals surface area (Å²) in [5, 5.41) is 0. The summed E-state index contributed by atoms with van der Waals surface area (Å²) >= 11 is 1.15. The number of nitrogens with zero attached hydrogens (tertiary/aromatic N) is 1. The summed E-state index contributed by atoms with van der Waals surface area (Å²) in [6.07, 6.45) is 2.85. The van der Waals surface area contributed by atoms with E-state index in [-0.39, 0.29) is 11.8 Å². The van der Waals surface area contributed by atoms with Crippen LogP contribution in [0.2, 0.25) is 0 Å². The number of sulfonamides is 1. The standard InChI is InChI=1S/C15H18N2O3S2/c1-20-15-9-12(21-16-15)10-22(18,19)17-14-8-4-6-11-5-2-3-7-13(11)14/h2-3,5,7,9,14,17H,4,6,8,10H2,1H3. The third-order valence-corrected chi connectivity index (χ3v) is 6.06. The summed E-state index contributed by atoms with van der Waals surface area (Å²) in [6.45, 7) is 0. The molecule has 0 saturated heterocycles. The van der Waals surface area contributed by atoms with Crippen LogP contribution in [0.25, 0.3) is 0 Å². The van der Waals surface area contributed by atoms with Crippen molar-refractivity contribution in [1.82, 2.24) is 9.10 Å². The topological polar surface area (TPSA) is 68.3 Å². The average Bonchev–Trinajstić information content (AvgIpc) is 2.94. The van der Waals surface area contributed by atoms with Crippen LogP contribution >= 0.6 is 11.5 Å². The second-order valence-electron chi connectivity index (χ2n) is 5.36. The fourth-order valence-corrected chi connectivity index (χ4v) is 5.16. The number of hydrogen-bond donors (Lipinski definition) is 1. The lowest BCUT2D eigenvalue weighted by atomic mass is 9.88. The van der Waals surface area contributed by atoms with E-state index < -0.39 is 10.0 Å². The van der Waals surface area contributed by atoms with Crippen LogP contribution < -0.4 is 9.46 Å². The number of nitrogens with one attached hydrogen (secondary N) is 1. The molecule has 3 rings (SSSR count). The van der Waals surface area contributed by atoms with Gasteiger partial charge in [-0.3, -0.25) is 0 Å². The quantitative estimate of drug-likeness (QED) is 0.910. The Bertz CT molecular complexity index is 756. The summed E-state index contributed by atoms with van der Waals surface area (Å²) in [7, 11) is -1.89. The Kier molecular flexibility index (Phi) is 4.46. The number of rotatable bonds is 5. The van der Waals surface area contributed by atoms with Crippen molar-refractivity contribution in [3.63, 3.8) is 0 Å². The SMILES string of the molecule is COc1cc(CS(=O)(=O)NC2CCCc3ccccc32)sn1. The molecule has 1 atom stereocenters. The molecule has 1 unspecified atom stereocenters. The molecule has 1 aliphatic carbocycles. The Morgan fingerprint density at radius 1 is 1.41 bits per heavy atom. The van der Waals surface area contributed by atoms with Gasteiger partial charge < -0.3 is 4.74 Å². The predicted octanol–water partition coefficient (Wildman–Crippen LogP) is 2.65. The number of benzene rings is 1. The zero-order valence-corrected chi connectivity index (χ0v) is 13.9. The first kappa shape index (κ1) is 15.5. The van der Waals surface area contributed by atoms with E-state index in [1.807, 2.05) is 18.2 Å². The van der Waals surface area contributed by atoms with Gasteiger partial charge in [0.25, 0.3) is 0 Å². The summed E-state index contributed by atoms with van der Waals surface area (Å²) < 4.78 is 36.7. The molecule has 0 radical (unpaired) electrons. The van der Waals surface area contributed by atoms with E-state index in [0.29, 0.717) is 10.8 Å². The largest absolute Gasteiger partial charge is 0.480 e. The van der Waals surface area contributed by atoms with Gasteiger partial charge in [0.15, 0.2) is 0 Å². The maximum atomic E-state index is 12.4. The van der Waals surface area contributed by atoms with Gasteiger partial charge >= 0.3 is 0 Å². The first-order valence-corrected chi connectivity index (χ1v) is 9.57. The van der Waals surface area contributed by atoms with E-state index in [1.165, 1.54) is 12.7 Å². The summed E-state index contributed by atoms with van der Waals surface area (Å²) in [5.74, 6) is 0.394. The van der Waals surface area contributed by atoms with Crippen LogP contribution in [-0.2, 0) is 22.2 Å². The first-order valence-electron chi connectivity index (χ1n) is 7.15. The Morgan fingerprint density at radius 2 is 2.23 bits per heavy atom. The van der Waals surface area contributed by atoms with Gasteiger partial charge in [-0.1, -0.05) is 24.3 Å². The maximum absolute atomic E-state index is 12.4. The summed E-state index contributed by atoms with van der Waals surface area (Å²) in [6, 6.07) is 9.57. The van der Waals surface area contributed by atoms with Gasteiger partial charge in [0.1, 0.15) is 5.75 Å². The highest BCUT2D eigenvalue weighted by atomic mass is 32.2. The van der Waals surface area contributed by atoms with Gasteiger partial charge in [-0.25, -0.2) is 13.1 Å². The second-order valence-corrected chi connectivity index (χ2v) is 8.00. The second kappa shape index (κ2) is 6.36. The van der Waals surface area contributed by atoms with Gasteiger partial charge in [0.05, 0.1) is 7.11 Å². The van der Waals surface area contributed by atoms with E-state index in [4.69, 9.17) is 4.74 Å². The van der Waals surface area contributed by atoms with Crippen LogP contribution in [0, 0.1) is 0 Å². The molecule has 1 aromatic carbocycles. The Labute approximate surface area is 134 Å². The fourth-order valence-electron chi connectivity index (χ4n) is 2.78. The van der Waals surface area contributed by atoms with E-state index in [1.54, 1.807) is 6.07 Å². The molecule has 1 N–H and O–H groups in total. The summed E-state index contributed by atoms with van der Waals surface area (Å²) in [4.78, 5) is 0.674. The van der Waals surface area contributed by atoms with Crippen molar-refractivity contribution in [1.29, 1.82) is 0 Å². The highest BCUT2D eigenvalue weighted by Gasteiger charge is 2.25. The predicted molar refractivity (Wildman–Crippen MR) is 86.5 cm³/mol. The van der Waals surface area contributed by atoms with Crippen molar-refractivity contribution >= 4 is 21.6 Å². The minimum absolute atomic E-state index is 0.0628. The molecule has 1 aromatic heterocycles. The van der Waals surface area contributed by atoms with Crippen molar-refractivity contribution in [2.45, 2.75) is 31.1 Å². The smallest absolute Gasteiger partial charge is 0.225 e. The number of aryl methyl sites for hydroxylation is 1. The molecule has 118 valence electrons. The molecule has 0 spiro atoms. The maximum Gasteiger partial charge on any atom is 0.225 e. The molecular weight excluding hydrogens is 320 g/mol. The van der Waals surface area contributed by atoms with Crippen molar-refractivity contribution in [3.05, 3.63) is 46.3 Å². The molecule has 2 aromatic rings. The van der Waals surface area contributed by atoms with Crippen LogP contribution in [0.3, 0.4) is 0 Å². The van der Waals surface area contributed by atoms with E-state index >= 15 is 0 Å². The Hall–Kier alpha value is -1.44. The van der Waals surface area contributed by atoms with Crippen molar-refractivity contribution in [2.24, 2.45) is 0 Å². The lowest BCUT2D eigenvalue weighted by molar-refractivity contribution is 0.402. The number of fused-ring (bicyclic) bond motifs is 1. The molecule has 0 fully saturated rings. The van der Waals surface area contributed by atoms with Crippen molar-refractivity contribution in [3.8, 4) is 5.88 Å². The minimum atomic E-state index is -3.41. The van der Waals surface area contributed by atoms with Gasteiger partial charge in [0.2, 0.25) is 15.9 Å². The highest BCUT2D eigenvalue weighted by Crippen LogP contribution is 2.30. The molecule has 7 heteroatoms. The first-order chi connectivity index (χ1) is 10.6. The molecule has 5 nitrogen and oxygen atoms in total. The van der Waals surface area contributed by atoms with E-state index in [9.17, 15) is 8.42 Å². The van der Waals surface area contributed by atoms with Gasteiger partial charge in [0, 0.05) is 17.0 Å². The lowest BCUT2D eigenvalue weighted by Crippen LogP contribution is -2.31. The molecule has 0 aliphatic heterocycles. The third kappa shape index (κ3) is 3.48. The Morgan fingerprint density at radius 3 is 3.00 bits per heavy atom. The molecule has 0 saturated carbocycles. The van der Waals surface area contributed by atoms with Crippen molar-refractivity contribution < 1.29 is 13.2 Å². The molecule has 1 aliphatic rings. The van der Waals surface area contributed by atoms with Crippen LogP contribution in [0.5, 0.6) is 5.88 Å². The van der Waals surface area contributed by atoms with Crippen LogP contribution in [-0.4, -0.2) is 19.9 Å². The van der Waals surface area contributed by atoms with E-state index in [2.05, 4.69) is 15.2 Å². The minimum Gasteiger partial charge on any atom is -0.480 e. The summed E-state index contributed by atoms with van der Waals surface area (Å²) in [5.41, 5.74) is 2.33. The van der Waals surface area contributed by atoms with E-state index in [0.717, 1.165) is 36.4 Å². The molecule has 22 heavy (non-hydrogen) atoms. The zero-order chi connectivity index (χ0) is 15.6. The number of ether oxygens (including phenoxy) is 1. The lowest BCUT2D eigenvalue weighted by Gasteiger charge is -2.26. The average molecular weight is 338 g/mol. The molecule has 0 amide bonds. The molecule has 0 bridgehead atoms. The van der Waals surface area contributed by atoms with Crippen LogP contribution in [0.1, 0.15) is 34.9 Å². The molecular formula is C15H18N2O3S2. The monoisotopic (exact) mass is 338 g/mol. The van der Waals surface area contributed by atoms with Gasteiger partial charge in [-0.2, -0.15) is 4.37 Å². The fraction of sp³-hybridized carbons (Fsp3) is 0.400. The Balaban J connectivity index is 1.75. The number of hydrogen-bond acceptors (Lipinski definition) is 5. The normalized spacial score (nSPS) is 18.0. The van der Waals surface area contributed by atoms with Gasteiger partial charge in [-0.05, 0) is 41.9 Å².